The fourth-order valence-corrected chi connectivity index (χ4v) is 1.59. The fourth-order valence-electron chi connectivity index (χ4n) is 1.59. The van der Waals surface area contributed by atoms with Crippen molar-refractivity contribution < 1.29 is 0 Å². The molecular formula is C11H17N. The number of fused-ring (bicyclic) bond motifs is 1. The first-order valence-electron chi connectivity index (χ1n) is 4.68. The van der Waals surface area contributed by atoms with E-state index in [1.165, 1.54) is 11.1 Å². The van der Waals surface area contributed by atoms with E-state index in [0.717, 1.165) is 12.8 Å². The standard InChI is InChI=1S/C9H11N.C2H6/c10-9-5-7-3-1-2-4-8(7)6-9;1-2/h1-4,9H,5-6,10H2;1-2H3. The molecule has 2 N–H and O–H groups in total. The van der Waals surface area contributed by atoms with Crippen LogP contribution in [0.4, 0.5) is 0 Å². The van der Waals surface area contributed by atoms with Crippen LogP contribution in [-0.4, -0.2) is 6.04 Å². The highest BCUT2D eigenvalue weighted by Gasteiger charge is 2.15. The molecule has 1 nitrogen and oxygen atoms in total. The second kappa shape index (κ2) is 4.27. The van der Waals surface area contributed by atoms with Crippen molar-refractivity contribution >= 4 is 0 Å². The molecule has 0 unspecified atom stereocenters. The van der Waals surface area contributed by atoms with Gasteiger partial charge in [-0.05, 0) is 24.0 Å². The quantitative estimate of drug-likeness (QED) is 0.623. The third-order valence-electron chi connectivity index (χ3n) is 2.08. The molecule has 0 atom stereocenters. The Hall–Kier alpha value is -0.820. The minimum absolute atomic E-state index is 0.373. The highest BCUT2D eigenvalue weighted by molar-refractivity contribution is 5.32. The van der Waals surface area contributed by atoms with Crippen LogP contribution in [0.3, 0.4) is 0 Å². The molecule has 0 aromatic heterocycles. The van der Waals surface area contributed by atoms with E-state index in [-0.39, 0.29) is 0 Å². The zero-order valence-electron chi connectivity index (χ0n) is 7.88. The van der Waals surface area contributed by atoms with E-state index in [1.807, 2.05) is 13.8 Å². The Bertz CT molecular complexity index is 218. The Labute approximate surface area is 74.6 Å². The van der Waals surface area contributed by atoms with Gasteiger partial charge < -0.3 is 5.73 Å². The molecule has 1 aliphatic rings. The zero-order chi connectivity index (χ0) is 8.97. The highest BCUT2D eigenvalue weighted by atomic mass is 14.6. The number of benzene rings is 1. The van der Waals surface area contributed by atoms with E-state index in [1.54, 1.807) is 0 Å². The Morgan fingerprint density at radius 1 is 1.08 bits per heavy atom. The van der Waals surface area contributed by atoms with Crippen molar-refractivity contribution in [3.8, 4) is 0 Å². The molecule has 0 radical (unpaired) electrons. The lowest BCUT2D eigenvalue weighted by atomic mass is 10.1. The lowest BCUT2D eigenvalue weighted by Crippen LogP contribution is -2.18. The first-order chi connectivity index (χ1) is 5.86. The van der Waals surface area contributed by atoms with Gasteiger partial charge in [-0.2, -0.15) is 0 Å². The normalized spacial score (nSPS) is 14.9. The van der Waals surface area contributed by atoms with Crippen LogP contribution in [0.2, 0.25) is 0 Å². The van der Waals surface area contributed by atoms with Crippen LogP contribution in [0.15, 0.2) is 24.3 Å². The predicted octanol–water partition coefficient (Wildman–Crippen LogP) is 2.14. The van der Waals surface area contributed by atoms with E-state index < -0.39 is 0 Å². The third-order valence-corrected chi connectivity index (χ3v) is 2.08. The van der Waals surface area contributed by atoms with Gasteiger partial charge >= 0.3 is 0 Å². The first-order valence-corrected chi connectivity index (χ1v) is 4.68. The van der Waals surface area contributed by atoms with Crippen molar-refractivity contribution in [1.29, 1.82) is 0 Å². The monoisotopic (exact) mass is 163 g/mol. The van der Waals surface area contributed by atoms with Crippen LogP contribution in [0.1, 0.15) is 25.0 Å². The van der Waals surface area contributed by atoms with Crippen molar-refractivity contribution in [3.05, 3.63) is 35.4 Å². The second-order valence-electron chi connectivity index (χ2n) is 2.94. The summed E-state index contributed by atoms with van der Waals surface area (Å²) in [5, 5.41) is 0. The summed E-state index contributed by atoms with van der Waals surface area (Å²) in [6, 6.07) is 8.87. The molecule has 1 aromatic rings. The average Bonchev–Trinajstić information content (AvgIpc) is 2.48. The lowest BCUT2D eigenvalue weighted by Gasteiger charge is -1.94. The SMILES string of the molecule is CC.NC1Cc2ccccc2C1. The van der Waals surface area contributed by atoms with Crippen LogP contribution in [0.25, 0.3) is 0 Å². The fraction of sp³-hybridized carbons (Fsp3) is 0.455. The van der Waals surface area contributed by atoms with Gasteiger partial charge in [-0.1, -0.05) is 38.1 Å². The van der Waals surface area contributed by atoms with Gasteiger partial charge in [0.25, 0.3) is 0 Å². The molecule has 0 bridgehead atoms. The van der Waals surface area contributed by atoms with Gasteiger partial charge in [-0.15, -0.1) is 0 Å². The van der Waals surface area contributed by atoms with Gasteiger partial charge in [-0.25, -0.2) is 0 Å². The molecule has 12 heavy (non-hydrogen) atoms. The summed E-state index contributed by atoms with van der Waals surface area (Å²) >= 11 is 0. The lowest BCUT2D eigenvalue weighted by molar-refractivity contribution is 0.721. The van der Waals surface area contributed by atoms with Gasteiger partial charge in [0.15, 0.2) is 0 Å². The van der Waals surface area contributed by atoms with Crippen molar-refractivity contribution in [1.82, 2.24) is 0 Å². The molecule has 2 rings (SSSR count). The average molecular weight is 163 g/mol. The maximum Gasteiger partial charge on any atom is 0.0120 e. The molecule has 0 amide bonds. The van der Waals surface area contributed by atoms with Crippen molar-refractivity contribution in [3.63, 3.8) is 0 Å². The predicted molar refractivity (Wildman–Crippen MR) is 53.2 cm³/mol. The van der Waals surface area contributed by atoms with Crippen LogP contribution < -0.4 is 5.73 Å². The summed E-state index contributed by atoms with van der Waals surface area (Å²) in [6.07, 6.45) is 2.13. The number of hydrogen-bond acceptors (Lipinski definition) is 1. The largest absolute Gasteiger partial charge is 0.327 e. The summed E-state index contributed by atoms with van der Waals surface area (Å²) in [5.41, 5.74) is 8.66. The van der Waals surface area contributed by atoms with E-state index in [4.69, 9.17) is 5.73 Å². The number of nitrogens with two attached hydrogens (primary N) is 1. The number of hydrogen-bond donors (Lipinski definition) is 1. The molecule has 0 saturated carbocycles. The van der Waals surface area contributed by atoms with Crippen molar-refractivity contribution in [2.75, 3.05) is 0 Å². The maximum absolute atomic E-state index is 5.78. The molecule has 0 saturated heterocycles. The van der Waals surface area contributed by atoms with Crippen molar-refractivity contribution in [2.24, 2.45) is 5.73 Å². The molecule has 1 aromatic carbocycles. The molecule has 66 valence electrons. The molecule has 1 heteroatoms. The third kappa shape index (κ3) is 1.86. The summed E-state index contributed by atoms with van der Waals surface area (Å²) in [5.74, 6) is 0. The summed E-state index contributed by atoms with van der Waals surface area (Å²) in [6.45, 7) is 4.00. The molecule has 0 fully saturated rings. The Morgan fingerprint density at radius 3 is 1.92 bits per heavy atom. The van der Waals surface area contributed by atoms with Crippen LogP contribution in [0.5, 0.6) is 0 Å². The molecular weight excluding hydrogens is 146 g/mol. The number of rotatable bonds is 0. The van der Waals surface area contributed by atoms with Crippen LogP contribution in [-0.2, 0) is 12.8 Å². The van der Waals surface area contributed by atoms with Gasteiger partial charge in [0.2, 0.25) is 0 Å². The molecule has 0 aliphatic heterocycles. The second-order valence-corrected chi connectivity index (χ2v) is 2.94. The summed E-state index contributed by atoms with van der Waals surface area (Å²) < 4.78 is 0. The minimum atomic E-state index is 0.373. The minimum Gasteiger partial charge on any atom is -0.327 e. The Balaban J connectivity index is 0.000000336. The Kier molecular flexibility index (Phi) is 3.30. The molecule has 0 heterocycles. The first kappa shape index (κ1) is 9.27. The van der Waals surface area contributed by atoms with E-state index in [2.05, 4.69) is 24.3 Å². The topological polar surface area (TPSA) is 26.0 Å². The van der Waals surface area contributed by atoms with E-state index >= 15 is 0 Å². The molecule has 1 aliphatic carbocycles. The maximum atomic E-state index is 5.78. The van der Waals surface area contributed by atoms with Gasteiger partial charge in [0, 0.05) is 6.04 Å². The van der Waals surface area contributed by atoms with E-state index in [0.29, 0.717) is 6.04 Å². The zero-order valence-corrected chi connectivity index (χ0v) is 7.88. The van der Waals surface area contributed by atoms with Crippen LogP contribution in [0, 0.1) is 0 Å². The van der Waals surface area contributed by atoms with E-state index in [9.17, 15) is 0 Å². The van der Waals surface area contributed by atoms with Gasteiger partial charge in [0.1, 0.15) is 0 Å². The van der Waals surface area contributed by atoms with Crippen molar-refractivity contribution in [2.45, 2.75) is 32.7 Å². The van der Waals surface area contributed by atoms with Gasteiger partial charge in [0.05, 0.1) is 0 Å². The molecule has 0 spiro atoms. The van der Waals surface area contributed by atoms with Crippen LogP contribution >= 0.6 is 0 Å². The summed E-state index contributed by atoms with van der Waals surface area (Å²) in [7, 11) is 0. The summed E-state index contributed by atoms with van der Waals surface area (Å²) in [4.78, 5) is 0. The smallest absolute Gasteiger partial charge is 0.0120 e. The van der Waals surface area contributed by atoms with Gasteiger partial charge in [-0.3, -0.25) is 0 Å². The Morgan fingerprint density at radius 2 is 1.50 bits per heavy atom. The highest BCUT2D eigenvalue weighted by Crippen LogP contribution is 2.19.